The minimum absolute atomic E-state index is 0.178. The zero-order valence-corrected chi connectivity index (χ0v) is 17.5. The molecule has 2 aromatic carbocycles. The number of carbonyl (C=O) groups is 2. The Kier molecular flexibility index (Phi) is 6.02. The van der Waals surface area contributed by atoms with Crippen molar-refractivity contribution in [3.05, 3.63) is 89.8 Å². The third-order valence-electron chi connectivity index (χ3n) is 5.44. The lowest BCUT2D eigenvalue weighted by molar-refractivity contribution is -0.695. The number of nitrogens with zero attached hydrogens (tertiary/aromatic N) is 2. The number of likely N-dealkylation sites (tertiary alicyclic amines) is 1. The number of imidazole rings is 1. The molecule has 164 valence electrons. The number of ether oxygens (including phenoxy) is 1. The van der Waals surface area contributed by atoms with Crippen LogP contribution in [0, 0.1) is 5.82 Å². The van der Waals surface area contributed by atoms with Crippen LogP contribution in [0.5, 0.6) is 5.75 Å². The van der Waals surface area contributed by atoms with E-state index < -0.39 is 29.3 Å². The van der Waals surface area contributed by atoms with Crippen molar-refractivity contribution >= 4 is 17.4 Å². The minimum Gasteiger partial charge on any atom is -0.872 e. The van der Waals surface area contributed by atoms with E-state index in [0.717, 1.165) is 0 Å². The number of carbonyl (C=O) groups excluding carboxylic acids is 2. The average Bonchev–Trinajstić information content (AvgIpc) is 3.41. The molecule has 0 bridgehead atoms. The van der Waals surface area contributed by atoms with E-state index in [1.807, 2.05) is 10.8 Å². The molecule has 0 radical (unpaired) electrons. The second-order valence-electron chi connectivity index (χ2n) is 7.46. The molecule has 32 heavy (non-hydrogen) atoms. The van der Waals surface area contributed by atoms with Crippen molar-refractivity contribution in [1.29, 1.82) is 0 Å². The molecule has 1 aliphatic heterocycles. The number of Topliss-reactive ketones (excluding diaryl/α,β-unsaturated/α-hetero) is 1. The summed E-state index contributed by atoms with van der Waals surface area (Å²) in [6.45, 7) is 0.843. The van der Waals surface area contributed by atoms with E-state index in [2.05, 4.69) is 4.98 Å². The van der Waals surface area contributed by atoms with Gasteiger partial charge in [-0.25, -0.2) is 8.96 Å². The van der Waals surface area contributed by atoms with Gasteiger partial charge in [0.1, 0.15) is 24.0 Å². The Morgan fingerprint density at radius 1 is 1.22 bits per heavy atom. The van der Waals surface area contributed by atoms with Gasteiger partial charge in [0, 0.05) is 18.5 Å². The number of rotatable bonds is 7. The Balaban J connectivity index is 1.75. The maximum atomic E-state index is 14.0. The molecule has 1 N–H and O–H groups in total. The summed E-state index contributed by atoms with van der Waals surface area (Å²) in [5.41, 5.74) is 0.430. The number of methoxy groups -OCH3 is 1. The molecule has 1 unspecified atom stereocenters. The quantitative estimate of drug-likeness (QED) is 0.265. The molecule has 1 atom stereocenters. The highest BCUT2D eigenvalue weighted by Gasteiger charge is 2.44. The third-order valence-corrected chi connectivity index (χ3v) is 5.44. The van der Waals surface area contributed by atoms with E-state index in [1.165, 1.54) is 36.3 Å². The van der Waals surface area contributed by atoms with Gasteiger partial charge in [0.05, 0.1) is 19.7 Å². The Morgan fingerprint density at radius 2 is 2.03 bits per heavy atom. The van der Waals surface area contributed by atoms with E-state index in [0.29, 0.717) is 24.3 Å². The number of H-pyrrole nitrogens is 1. The molecule has 8 heteroatoms. The fourth-order valence-corrected chi connectivity index (χ4v) is 3.93. The number of aromatic amines is 1. The number of ketones is 1. The first-order valence-electron chi connectivity index (χ1n) is 10.2. The summed E-state index contributed by atoms with van der Waals surface area (Å²) in [6.07, 6.45) is 5.96. The number of benzene rings is 2. The Morgan fingerprint density at radius 3 is 2.75 bits per heavy atom. The van der Waals surface area contributed by atoms with Crippen LogP contribution in [0.25, 0.3) is 5.76 Å². The van der Waals surface area contributed by atoms with Gasteiger partial charge < -0.3 is 14.7 Å². The standard InChI is InChI=1S/C24H22FN3O4/c1-32-19-8-3-6-17(14-19)22(29)20-21(16-5-2-7-18(25)13-16)28(24(31)23(20)30)11-4-10-27-12-9-26-15-27/h2-3,5-9,12-15,21H,4,10-11H2,1H3,(H,29,30). The van der Waals surface area contributed by atoms with Crippen LogP contribution in [0.2, 0.25) is 0 Å². The largest absolute Gasteiger partial charge is 0.872 e. The third kappa shape index (κ3) is 4.12. The Bertz CT molecular complexity index is 1170. The lowest BCUT2D eigenvalue weighted by atomic mass is 9.95. The summed E-state index contributed by atoms with van der Waals surface area (Å²) >= 11 is 0. The van der Waals surface area contributed by atoms with Crippen LogP contribution in [0.1, 0.15) is 23.6 Å². The highest BCUT2D eigenvalue weighted by molar-refractivity contribution is 6.46. The van der Waals surface area contributed by atoms with Gasteiger partial charge in [-0.05, 0) is 35.4 Å². The molecule has 0 aliphatic carbocycles. The van der Waals surface area contributed by atoms with Crippen molar-refractivity contribution in [2.24, 2.45) is 0 Å². The SMILES string of the molecule is COc1cccc(/C([O-])=C2\C(=O)C(=O)N(CCC[n+]3cc[nH]c3)C2c2cccc(F)c2)c1. The topological polar surface area (TPSA) is 89.3 Å². The highest BCUT2D eigenvalue weighted by atomic mass is 19.1. The fraction of sp³-hybridized carbons (Fsp3) is 0.208. The monoisotopic (exact) mass is 435 g/mol. The van der Waals surface area contributed by atoms with Crippen LogP contribution >= 0.6 is 0 Å². The summed E-state index contributed by atoms with van der Waals surface area (Å²) < 4.78 is 21.1. The van der Waals surface area contributed by atoms with E-state index in [-0.39, 0.29) is 17.7 Å². The number of halogens is 1. The maximum absolute atomic E-state index is 14.0. The van der Waals surface area contributed by atoms with Gasteiger partial charge in [0.15, 0.2) is 0 Å². The Hall–Kier alpha value is -3.94. The summed E-state index contributed by atoms with van der Waals surface area (Å²) in [7, 11) is 1.47. The summed E-state index contributed by atoms with van der Waals surface area (Å²) in [5, 5.41) is 13.4. The van der Waals surface area contributed by atoms with Crippen LogP contribution in [0.15, 0.2) is 72.8 Å². The molecule has 1 saturated heterocycles. The van der Waals surface area contributed by atoms with Gasteiger partial charge in [-0.15, -0.1) is 0 Å². The second-order valence-corrected chi connectivity index (χ2v) is 7.46. The predicted molar refractivity (Wildman–Crippen MR) is 111 cm³/mol. The lowest BCUT2D eigenvalue weighted by Crippen LogP contribution is -2.36. The molecule has 1 fully saturated rings. The van der Waals surface area contributed by atoms with Crippen LogP contribution in [-0.4, -0.2) is 35.2 Å². The summed E-state index contributed by atoms with van der Waals surface area (Å²) in [6, 6.07) is 11.1. The zero-order valence-electron chi connectivity index (χ0n) is 17.5. The first kappa shape index (κ1) is 21.3. The van der Waals surface area contributed by atoms with Crippen molar-refractivity contribution in [2.75, 3.05) is 13.7 Å². The van der Waals surface area contributed by atoms with Gasteiger partial charge >= 0.3 is 0 Å². The molecule has 1 amide bonds. The van der Waals surface area contributed by atoms with Gasteiger partial charge in [0.25, 0.3) is 5.91 Å². The fourth-order valence-electron chi connectivity index (χ4n) is 3.93. The summed E-state index contributed by atoms with van der Waals surface area (Å²) in [4.78, 5) is 30.2. The molecule has 0 spiro atoms. The maximum Gasteiger partial charge on any atom is 0.295 e. The second kappa shape index (κ2) is 9.05. The molecule has 1 aromatic heterocycles. The highest BCUT2D eigenvalue weighted by Crippen LogP contribution is 2.39. The number of aryl methyl sites for hydroxylation is 1. The molecule has 3 aromatic rings. The van der Waals surface area contributed by atoms with Crippen molar-refractivity contribution in [2.45, 2.75) is 19.0 Å². The van der Waals surface area contributed by atoms with Crippen LogP contribution in [-0.2, 0) is 16.1 Å². The van der Waals surface area contributed by atoms with E-state index in [4.69, 9.17) is 4.74 Å². The lowest BCUT2D eigenvalue weighted by Gasteiger charge is -2.27. The van der Waals surface area contributed by atoms with Crippen LogP contribution < -0.4 is 14.4 Å². The van der Waals surface area contributed by atoms with Gasteiger partial charge in [-0.3, -0.25) is 14.6 Å². The van der Waals surface area contributed by atoms with E-state index in [1.54, 1.807) is 36.8 Å². The molecule has 7 nitrogen and oxygen atoms in total. The number of aromatic nitrogens is 2. The normalized spacial score (nSPS) is 17.7. The first-order valence-corrected chi connectivity index (χ1v) is 10.2. The minimum atomic E-state index is -0.958. The molecule has 4 rings (SSSR count). The van der Waals surface area contributed by atoms with Crippen molar-refractivity contribution in [3.8, 4) is 5.75 Å². The van der Waals surface area contributed by atoms with E-state index >= 15 is 0 Å². The van der Waals surface area contributed by atoms with Gasteiger partial charge in [-0.2, -0.15) is 0 Å². The van der Waals surface area contributed by atoms with Crippen molar-refractivity contribution < 1.29 is 28.4 Å². The Labute approximate surface area is 184 Å². The molecular formula is C24H22FN3O4. The molecule has 2 heterocycles. The number of hydrogen-bond donors (Lipinski definition) is 1. The molecule has 1 aliphatic rings. The van der Waals surface area contributed by atoms with Crippen LogP contribution in [0.4, 0.5) is 4.39 Å². The van der Waals surface area contributed by atoms with Crippen molar-refractivity contribution in [1.82, 2.24) is 9.88 Å². The van der Waals surface area contributed by atoms with Gasteiger partial charge in [0.2, 0.25) is 12.1 Å². The van der Waals surface area contributed by atoms with E-state index in [9.17, 15) is 19.1 Å². The van der Waals surface area contributed by atoms with Gasteiger partial charge in [-0.1, -0.05) is 30.0 Å². The molecular weight excluding hydrogens is 413 g/mol. The number of amides is 1. The average molecular weight is 435 g/mol. The van der Waals surface area contributed by atoms with Crippen molar-refractivity contribution in [3.63, 3.8) is 0 Å². The number of hydrogen-bond acceptors (Lipinski definition) is 4. The smallest absolute Gasteiger partial charge is 0.295 e. The predicted octanol–water partition coefficient (Wildman–Crippen LogP) is 1.76. The zero-order chi connectivity index (χ0) is 22.7. The molecule has 0 saturated carbocycles. The number of nitrogens with one attached hydrogen (secondary N) is 1. The first-order chi connectivity index (χ1) is 15.5. The van der Waals surface area contributed by atoms with Crippen LogP contribution in [0.3, 0.4) is 0 Å². The summed E-state index contributed by atoms with van der Waals surface area (Å²) in [5.74, 6) is -2.24.